The number of carboxylic acids is 1. The average Bonchev–Trinajstić information content (AvgIpc) is 1.58. The molecular formula is C111H197N3O16S6. The van der Waals surface area contributed by atoms with Gasteiger partial charge in [-0.1, -0.05) is 280 Å². The van der Waals surface area contributed by atoms with Crippen molar-refractivity contribution in [2.45, 2.75) is 451 Å². The number of allylic oxidation sites excluding steroid dienone is 21. The highest BCUT2D eigenvalue weighted by Gasteiger charge is 2.33. The van der Waals surface area contributed by atoms with E-state index in [0.717, 1.165) is 121 Å². The Labute approximate surface area is 857 Å². The molecule has 2 heterocycles. The lowest BCUT2D eigenvalue weighted by Crippen LogP contribution is -2.46. The molecule has 0 spiro atoms. The maximum atomic E-state index is 11.7. The van der Waals surface area contributed by atoms with E-state index in [1.807, 2.05) is 221 Å². The maximum Gasteiger partial charge on any atom is 0.331 e. The van der Waals surface area contributed by atoms with Gasteiger partial charge >= 0.3 is 35.8 Å². The van der Waals surface area contributed by atoms with E-state index in [1.165, 1.54) is 50.5 Å². The first-order chi connectivity index (χ1) is 62.8. The number of thiol groups is 2. The summed E-state index contributed by atoms with van der Waals surface area (Å²) < 4.78 is 26.5. The Bertz CT molecular complexity index is 3500. The molecule has 25 heteroatoms. The van der Waals surface area contributed by atoms with E-state index in [-0.39, 0.29) is 69.0 Å². The number of Topliss-reactive ketones (excluding diaryl/α,β-unsaturated/α-hetero) is 3. The normalized spacial score (nSPS) is 15.8. The largest absolute Gasteiger partial charge is 0.478 e. The Morgan fingerprint density at radius 3 is 0.993 bits per heavy atom. The lowest BCUT2D eigenvalue weighted by Gasteiger charge is -2.23. The first-order valence-corrected chi connectivity index (χ1v) is 55.0. The number of carbonyl (C=O) groups is 10. The van der Waals surface area contributed by atoms with E-state index in [2.05, 4.69) is 188 Å². The van der Waals surface area contributed by atoms with Crippen molar-refractivity contribution in [3.8, 4) is 0 Å². The quantitative estimate of drug-likeness (QED) is 0.00628. The Morgan fingerprint density at radius 2 is 0.713 bits per heavy atom. The van der Waals surface area contributed by atoms with Gasteiger partial charge in [0.05, 0.1) is 18.5 Å². The SMILES string of the molecule is C/C=C\C/C=C\C/C=C\CC.C/C=C\C/C=C\C/C=C\CC(=O)OC(C)(C)C.CC(=O)N[C@@H](CS)C(=O)C(C)(C)C.CC(C)(C)C(=O)CCCC[C@]1(C)CCSS1.CC(C)(C)C(=O)[C@@H](N)CS.CC(C)(C)OC(=O)/C=C/C(=O)O.CC(C)(C)OC(=O)CCCC[C@]1(C)CCSS1.CC(C)(C)OC(=O)CCCN.CC/C=C\C/C=C\C/C=C\CC.CC/C=C\C/C=C\CCCC(=O)OC(C)(C)C. The number of aliphatic carboxylic acids is 1. The van der Waals surface area contributed by atoms with E-state index in [1.54, 1.807) is 20.8 Å². The number of carboxylic acid groups (broad SMARTS) is 1. The van der Waals surface area contributed by atoms with Crippen LogP contribution in [0.4, 0.5) is 0 Å². The number of esters is 5. The molecule has 788 valence electrons. The summed E-state index contributed by atoms with van der Waals surface area (Å²) in [4.78, 5) is 111. The van der Waals surface area contributed by atoms with E-state index in [4.69, 9.17) is 40.3 Å². The number of nitrogens with one attached hydrogen (secondary N) is 1. The minimum atomic E-state index is -1.17. The Hall–Kier alpha value is -5.80. The number of ketones is 3. The van der Waals surface area contributed by atoms with Crippen molar-refractivity contribution in [3.63, 3.8) is 0 Å². The minimum absolute atomic E-state index is 0.0118. The zero-order valence-electron chi connectivity index (χ0n) is 91.4. The first kappa shape index (κ1) is 146. The van der Waals surface area contributed by atoms with Crippen LogP contribution in [0, 0.1) is 16.2 Å². The highest BCUT2D eigenvalue weighted by Crippen LogP contribution is 2.50. The second-order valence-electron chi connectivity index (χ2n) is 41.0. The molecular weight excluding hydrogens is 1820 g/mol. The summed E-state index contributed by atoms with van der Waals surface area (Å²) in [7, 11) is 8.03. The second-order valence-corrected chi connectivity index (χ2v) is 47.7. The van der Waals surface area contributed by atoms with Crippen LogP contribution in [0.2, 0.25) is 0 Å². The molecule has 2 saturated heterocycles. The van der Waals surface area contributed by atoms with Crippen molar-refractivity contribution in [2.75, 3.05) is 29.6 Å². The molecule has 2 rings (SSSR count). The number of nitrogens with two attached hydrogens (primary N) is 2. The van der Waals surface area contributed by atoms with Crippen LogP contribution in [0.15, 0.2) is 146 Å². The van der Waals surface area contributed by atoms with E-state index in [9.17, 15) is 47.9 Å². The molecule has 0 aromatic carbocycles. The Morgan fingerprint density at radius 1 is 0.397 bits per heavy atom. The van der Waals surface area contributed by atoms with Crippen molar-refractivity contribution in [1.29, 1.82) is 0 Å². The number of amides is 1. The van der Waals surface area contributed by atoms with Gasteiger partial charge in [0.15, 0.2) is 11.6 Å². The van der Waals surface area contributed by atoms with E-state index in [0.29, 0.717) is 65.4 Å². The molecule has 0 unspecified atom stereocenters. The lowest BCUT2D eigenvalue weighted by atomic mass is 9.87. The fourth-order valence-corrected chi connectivity index (χ4v) is 17.4. The predicted octanol–water partition coefficient (Wildman–Crippen LogP) is 29.8. The molecule has 4 atom stereocenters. The molecule has 0 aromatic heterocycles. The molecule has 0 bridgehead atoms. The molecule has 136 heavy (non-hydrogen) atoms. The van der Waals surface area contributed by atoms with Crippen LogP contribution in [-0.4, -0.2) is 143 Å². The molecule has 1 amide bonds. The third-order valence-corrected chi connectivity index (χ3v) is 24.7. The van der Waals surface area contributed by atoms with Crippen molar-refractivity contribution >= 4 is 128 Å². The van der Waals surface area contributed by atoms with E-state index >= 15 is 0 Å². The zero-order chi connectivity index (χ0) is 107. The molecule has 0 saturated carbocycles. The predicted molar refractivity (Wildman–Crippen MR) is 598 cm³/mol. The van der Waals surface area contributed by atoms with Gasteiger partial charge in [0.2, 0.25) is 5.91 Å². The van der Waals surface area contributed by atoms with Gasteiger partial charge in [0, 0.05) is 93.5 Å². The van der Waals surface area contributed by atoms with Gasteiger partial charge in [0.25, 0.3) is 0 Å². The third-order valence-electron chi connectivity index (χ3n) is 17.3. The van der Waals surface area contributed by atoms with Crippen LogP contribution in [-0.2, 0) is 71.6 Å². The Balaban J connectivity index is -0.000000224. The monoisotopic (exact) mass is 2020 g/mol. The standard InChI is InChI=1S/C15H26O2.C15H24O2.C13H24O2S2.C13H24OS2.C12H20.C11H18.C9H17NO2S.C8H17NO2.C8H12O4.C7H15NOS/c2*1-5-6-7-8-9-10-11-12-13-14(16)17-15(2,3)4;1-12(2,3)15-11(14)7-5-6-8-13(4)9-10-16-17-13;1-12(2,3)11(14)7-5-6-8-13(4)9-10-15-16-13;1-3-5-7-9-11-12-10-8-6-4-2;1-3-5-7-9-11-10-8-6-4-2;1-6(11)10-7(5-13)8(12)9(2,3)4;1-8(2,3)11-7(10)5-4-6-9;1-8(2,3)12-7(11)5-4-6(9)10;1-7(2,3)6(9)5(8)4-10/h6-7,9-10H,5,8,11-13H2,1-4H3;5-6,8-9,11-12H,7,10,13H2,1-4H3;5-10H2,1-4H3;5-10H2,1-4H3;5-8,11-12H,3-4,9-10H2,1-2H3;3,5-6,8-9,11H,4,7,10H2,1-2H3;7,13H,5H2,1-4H3,(H,10,11);4-6,9H2,1-3H3;4-5H,1-3H3,(H,9,10);5,10H,4,8H2,1-3H3/b7-6-,10-9-;6-5-,9-8-,12-11-;;;7-5-,8-6-,12-11-;5-3-,8-6-,11-9-;;;5-4+;/t;;2*13-;;;7-;;;5-/m..11..0..0/s1. The number of hydrogen-bond donors (Lipinski definition) is 6. The summed E-state index contributed by atoms with van der Waals surface area (Å²) in [6.45, 7) is 64.1. The van der Waals surface area contributed by atoms with E-state index < -0.39 is 40.6 Å². The van der Waals surface area contributed by atoms with Crippen molar-refractivity contribution in [1.82, 2.24) is 5.32 Å². The molecule has 2 fully saturated rings. The lowest BCUT2D eigenvalue weighted by molar-refractivity contribution is -0.156. The number of rotatable bonds is 44. The van der Waals surface area contributed by atoms with Crippen molar-refractivity contribution in [3.05, 3.63) is 146 Å². The van der Waals surface area contributed by atoms with Crippen molar-refractivity contribution < 1.29 is 76.7 Å². The van der Waals surface area contributed by atoms with Gasteiger partial charge in [-0.15, -0.1) is 0 Å². The summed E-state index contributed by atoms with van der Waals surface area (Å²) in [6, 6.07) is -0.885. The van der Waals surface area contributed by atoms with Gasteiger partial charge in [-0.2, -0.15) is 25.3 Å². The summed E-state index contributed by atoms with van der Waals surface area (Å²) >= 11 is 7.97. The van der Waals surface area contributed by atoms with Crippen molar-refractivity contribution in [2.24, 2.45) is 27.7 Å². The van der Waals surface area contributed by atoms with Crippen LogP contribution < -0.4 is 16.8 Å². The first-order valence-electron chi connectivity index (χ1n) is 49.1. The molecule has 0 radical (unpaired) electrons. The number of carbonyl (C=O) groups excluding carboxylic acids is 9. The smallest absolute Gasteiger partial charge is 0.331 e. The van der Waals surface area contributed by atoms with Gasteiger partial charge in [-0.25, -0.2) is 9.59 Å². The fraction of sp³-hybridized carbons (Fsp3) is 0.694. The highest BCUT2D eigenvalue weighted by atomic mass is 33.1. The summed E-state index contributed by atoms with van der Waals surface area (Å²) in [5.74, 6) is 1.32. The van der Waals surface area contributed by atoms with Crippen LogP contribution in [0.1, 0.15) is 402 Å². The van der Waals surface area contributed by atoms with Crippen LogP contribution >= 0.6 is 68.4 Å². The molecule has 19 nitrogen and oxygen atoms in total. The molecule has 0 aliphatic carbocycles. The molecule has 2 aliphatic heterocycles. The Kier molecular flexibility index (Phi) is 93.1. The maximum absolute atomic E-state index is 11.7. The van der Waals surface area contributed by atoms with Gasteiger partial charge in [0.1, 0.15) is 33.8 Å². The van der Waals surface area contributed by atoms with Crippen LogP contribution in [0.25, 0.3) is 0 Å². The minimum Gasteiger partial charge on any atom is -0.478 e. The van der Waals surface area contributed by atoms with Gasteiger partial charge in [-0.05, 0) is 267 Å². The second kappa shape index (κ2) is 87.0. The van der Waals surface area contributed by atoms with Crippen LogP contribution in [0.5, 0.6) is 0 Å². The number of unbranched alkanes of at least 4 members (excludes halogenated alkanes) is 3. The topological polar surface area (TPSA) is 301 Å². The molecule has 0 aromatic rings. The summed E-state index contributed by atoms with van der Waals surface area (Å²) in [5.41, 5.74) is 7.74. The van der Waals surface area contributed by atoms with Crippen LogP contribution in [0.3, 0.4) is 0 Å². The fourth-order valence-electron chi connectivity index (χ4n) is 10.4. The summed E-state index contributed by atoms with van der Waals surface area (Å²) in [6.07, 6.45) is 74.8. The average molecular weight is 2020 g/mol. The third kappa shape index (κ3) is 117. The molecule has 2 aliphatic rings. The highest BCUT2D eigenvalue weighted by molar-refractivity contribution is 8.78. The summed E-state index contributed by atoms with van der Waals surface area (Å²) in [5, 5.41) is 10.7. The van der Waals surface area contributed by atoms with Gasteiger partial charge in [-0.3, -0.25) is 38.4 Å². The molecule has 6 N–H and O–H groups in total. The number of ether oxygens (including phenoxy) is 5. The number of hydrogen-bond acceptors (Lipinski definition) is 23. The zero-order valence-corrected chi connectivity index (χ0v) is 96.4. The van der Waals surface area contributed by atoms with Gasteiger partial charge < -0.3 is 45.6 Å².